The zero-order chi connectivity index (χ0) is 47.4. The van der Waals surface area contributed by atoms with Crippen LogP contribution < -0.4 is 16.0 Å². The molecule has 0 bridgehead atoms. The van der Waals surface area contributed by atoms with Crippen molar-refractivity contribution in [1.29, 1.82) is 0 Å². The minimum Gasteiger partial charge on any atom is -0.443 e. The molecule has 0 aromatic heterocycles. The molecule has 2 aromatic carbocycles. The third-order valence-electron chi connectivity index (χ3n) is 9.34. The molecule has 0 saturated carbocycles. The first-order valence-corrected chi connectivity index (χ1v) is 22.1. The number of amides is 7. The van der Waals surface area contributed by atoms with Gasteiger partial charge in [0.25, 0.3) is 5.91 Å². The number of ether oxygens (including phenoxy) is 8. The van der Waals surface area contributed by atoms with E-state index in [1.807, 2.05) is 18.2 Å². The average molecular weight is 934 g/mol. The van der Waals surface area contributed by atoms with E-state index in [0.29, 0.717) is 88.8 Å². The summed E-state index contributed by atoms with van der Waals surface area (Å²) < 4.78 is 44.0. The number of carbonyl (C=O) groups is 6. The Kier molecular flexibility index (Phi) is 21.3. The highest BCUT2D eigenvalue weighted by Crippen LogP contribution is 2.28. The van der Waals surface area contributed by atoms with Gasteiger partial charge in [0.05, 0.1) is 85.8 Å². The van der Waals surface area contributed by atoms with Crippen molar-refractivity contribution in [3.05, 3.63) is 63.7 Å². The molecule has 19 nitrogen and oxygen atoms in total. The Morgan fingerprint density at radius 2 is 1.26 bits per heavy atom. The van der Waals surface area contributed by atoms with Gasteiger partial charge in [0.2, 0.25) is 11.8 Å². The molecule has 1 atom stereocenters. The molecule has 2 aliphatic rings. The number of urea groups is 1. The number of nitrogens with one attached hydrogen (secondary N) is 3. The summed E-state index contributed by atoms with van der Waals surface area (Å²) in [6.45, 7) is 14.9. The van der Waals surface area contributed by atoms with Crippen molar-refractivity contribution in [2.45, 2.75) is 91.1 Å². The second-order valence-electron chi connectivity index (χ2n) is 17.1. The topological polar surface area (TPSA) is 219 Å². The molecule has 1 saturated heterocycles. The number of imide groups is 2. The van der Waals surface area contributed by atoms with E-state index in [9.17, 15) is 28.8 Å². The summed E-state index contributed by atoms with van der Waals surface area (Å²) in [5, 5.41) is 8.40. The molecular weight excluding hydrogens is 870 g/mol. The van der Waals surface area contributed by atoms with Crippen LogP contribution in [-0.4, -0.2) is 149 Å². The normalized spacial score (nSPS) is 15.1. The molecule has 4 rings (SSSR count). The van der Waals surface area contributed by atoms with Crippen molar-refractivity contribution in [2.24, 2.45) is 0 Å². The number of anilines is 1. The van der Waals surface area contributed by atoms with Crippen molar-refractivity contribution in [3.8, 4) is 0 Å². The maximum atomic E-state index is 13.0. The molecule has 1 unspecified atom stereocenters. The van der Waals surface area contributed by atoms with Crippen LogP contribution in [0.15, 0.2) is 36.4 Å². The first-order chi connectivity index (χ1) is 30.9. The summed E-state index contributed by atoms with van der Waals surface area (Å²) in [6.07, 6.45) is -0.568. The van der Waals surface area contributed by atoms with E-state index in [4.69, 9.17) is 49.5 Å². The number of hydrogen-bond acceptors (Lipinski definition) is 14. The lowest BCUT2D eigenvalue weighted by atomic mass is 10.0. The Morgan fingerprint density at radius 1 is 0.723 bits per heavy atom. The van der Waals surface area contributed by atoms with Gasteiger partial charge in [-0.05, 0) is 95.3 Å². The molecular formula is C45H64ClN5O14. The monoisotopic (exact) mass is 933 g/mol. The molecule has 0 aliphatic carbocycles. The molecule has 2 aliphatic heterocycles. The number of benzene rings is 2. The molecule has 2 aromatic rings. The van der Waals surface area contributed by atoms with E-state index in [1.165, 1.54) is 4.90 Å². The standard InChI is InChI=1S/C45H64ClN5O14/c1-44(2,3)64-42(56)50(43(57)65-45(4,5)6)12-14-59-16-18-61-20-22-63-24-23-62-21-19-60-17-15-58-13-11-31-26-34(46)28-35(27-31)48-41(55)47-29-32-7-8-36-33(25-32)30-51(40(36)54)37-9-10-38(52)49-39(37)53/h7-8,25-28,37H,9-24,29-30H2,1-6H3,(H2,47,48,55)(H,49,52,53). The number of halogens is 1. The van der Waals surface area contributed by atoms with Gasteiger partial charge in [-0.15, -0.1) is 0 Å². The smallest absolute Gasteiger partial charge is 0.419 e. The van der Waals surface area contributed by atoms with Gasteiger partial charge in [-0.25, -0.2) is 19.3 Å². The maximum Gasteiger partial charge on any atom is 0.419 e. The second kappa shape index (κ2) is 26.3. The van der Waals surface area contributed by atoms with Crippen molar-refractivity contribution < 1.29 is 66.7 Å². The van der Waals surface area contributed by atoms with Crippen molar-refractivity contribution in [2.75, 3.05) is 91.1 Å². The number of hydrogen-bond donors (Lipinski definition) is 3. The Bertz CT molecular complexity index is 1890. The van der Waals surface area contributed by atoms with Gasteiger partial charge in [0.15, 0.2) is 0 Å². The van der Waals surface area contributed by atoms with Gasteiger partial charge >= 0.3 is 18.2 Å². The van der Waals surface area contributed by atoms with Crippen LogP contribution >= 0.6 is 11.6 Å². The molecule has 360 valence electrons. The second-order valence-corrected chi connectivity index (χ2v) is 17.5. The third-order valence-corrected chi connectivity index (χ3v) is 9.56. The van der Waals surface area contributed by atoms with Crippen LogP contribution in [0.2, 0.25) is 5.02 Å². The van der Waals surface area contributed by atoms with Gasteiger partial charge in [-0.3, -0.25) is 19.7 Å². The summed E-state index contributed by atoms with van der Waals surface area (Å²) >= 11 is 6.34. The van der Waals surface area contributed by atoms with E-state index in [1.54, 1.807) is 59.7 Å². The summed E-state index contributed by atoms with van der Waals surface area (Å²) in [4.78, 5) is 77.0. The van der Waals surface area contributed by atoms with Gasteiger partial charge in [0.1, 0.15) is 17.2 Å². The van der Waals surface area contributed by atoms with Crippen LogP contribution in [0.4, 0.5) is 20.1 Å². The molecule has 65 heavy (non-hydrogen) atoms. The fourth-order valence-corrected chi connectivity index (χ4v) is 6.66. The minimum absolute atomic E-state index is 0.0318. The van der Waals surface area contributed by atoms with Gasteiger partial charge < -0.3 is 53.4 Å². The van der Waals surface area contributed by atoms with Crippen molar-refractivity contribution in [3.63, 3.8) is 0 Å². The number of nitrogens with zero attached hydrogens (tertiary/aromatic N) is 2. The maximum absolute atomic E-state index is 13.0. The lowest BCUT2D eigenvalue weighted by molar-refractivity contribution is -0.136. The minimum atomic E-state index is -0.802. The molecule has 2 heterocycles. The highest BCUT2D eigenvalue weighted by Gasteiger charge is 2.39. The van der Waals surface area contributed by atoms with Crippen LogP contribution in [0.25, 0.3) is 0 Å². The Morgan fingerprint density at radius 3 is 1.80 bits per heavy atom. The van der Waals surface area contributed by atoms with E-state index >= 15 is 0 Å². The fourth-order valence-electron chi connectivity index (χ4n) is 6.40. The highest BCUT2D eigenvalue weighted by atomic mass is 35.5. The quantitative estimate of drug-likeness (QED) is 0.0858. The third kappa shape index (κ3) is 19.6. The predicted octanol–water partition coefficient (Wildman–Crippen LogP) is 5.24. The molecule has 20 heteroatoms. The van der Waals surface area contributed by atoms with Crippen LogP contribution in [0.1, 0.15) is 81.4 Å². The number of fused-ring (bicyclic) bond motifs is 1. The summed E-state index contributed by atoms with van der Waals surface area (Å²) in [5.41, 5.74) is 1.90. The van der Waals surface area contributed by atoms with E-state index < -0.39 is 41.4 Å². The van der Waals surface area contributed by atoms with E-state index in [2.05, 4.69) is 16.0 Å². The molecule has 1 fully saturated rings. The largest absolute Gasteiger partial charge is 0.443 e. The molecule has 0 spiro atoms. The summed E-state index contributed by atoms with van der Waals surface area (Å²) in [7, 11) is 0. The van der Waals surface area contributed by atoms with Gasteiger partial charge in [-0.2, -0.15) is 0 Å². The Labute approximate surface area is 385 Å². The van der Waals surface area contributed by atoms with Crippen LogP contribution in [0.5, 0.6) is 0 Å². The van der Waals surface area contributed by atoms with Gasteiger partial charge in [0, 0.05) is 35.8 Å². The number of rotatable bonds is 25. The average Bonchev–Trinajstić information content (AvgIpc) is 3.53. The zero-order valence-electron chi connectivity index (χ0n) is 38.3. The van der Waals surface area contributed by atoms with Crippen molar-refractivity contribution >= 4 is 53.2 Å². The Hall–Kier alpha value is -4.89. The molecule has 3 N–H and O–H groups in total. The fraction of sp³-hybridized carbons (Fsp3) is 0.600. The number of carbonyl (C=O) groups excluding carboxylic acids is 6. The zero-order valence-corrected chi connectivity index (χ0v) is 39.0. The van der Waals surface area contributed by atoms with Crippen LogP contribution in [0, 0.1) is 0 Å². The SMILES string of the molecule is CC(C)(C)OC(=O)N(CCOCCOCCOCCOCCOCCOCCc1cc(Cl)cc(NC(=O)NCc2ccc3c(c2)CN(C2CCC(=O)NC2=O)C3=O)c1)C(=O)OC(C)(C)C. The van der Waals surface area contributed by atoms with Crippen LogP contribution in [-0.2, 0) is 67.0 Å². The van der Waals surface area contributed by atoms with Crippen LogP contribution in [0.3, 0.4) is 0 Å². The summed E-state index contributed by atoms with van der Waals surface area (Å²) in [5.74, 6) is -1.06. The highest BCUT2D eigenvalue weighted by molar-refractivity contribution is 6.31. The first-order valence-electron chi connectivity index (χ1n) is 21.7. The predicted molar refractivity (Wildman–Crippen MR) is 238 cm³/mol. The lowest BCUT2D eigenvalue weighted by Crippen LogP contribution is -2.52. The number of piperidine rings is 1. The first kappa shape index (κ1) is 52.7. The molecule has 0 radical (unpaired) electrons. The summed E-state index contributed by atoms with van der Waals surface area (Å²) in [6, 6.07) is 9.44. The van der Waals surface area contributed by atoms with E-state index in [0.717, 1.165) is 21.6 Å². The van der Waals surface area contributed by atoms with E-state index in [-0.39, 0.29) is 57.5 Å². The Balaban J connectivity index is 0.968. The lowest BCUT2D eigenvalue weighted by Gasteiger charge is -2.29. The van der Waals surface area contributed by atoms with Gasteiger partial charge in [-0.1, -0.05) is 23.7 Å². The molecule has 7 amide bonds. The van der Waals surface area contributed by atoms with Crippen molar-refractivity contribution in [1.82, 2.24) is 20.4 Å².